The van der Waals surface area contributed by atoms with E-state index in [0.717, 1.165) is 33.4 Å². The van der Waals surface area contributed by atoms with E-state index in [2.05, 4.69) is 83.1 Å². The van der Waals surface area contributed by atoms with Gasteiger partial charge >= 0.3 is 0 Å². The summed E-state index contributed by atoms with van der Waals surface area (Å²) >= 11 is 0. The van der Waals surface area contributed by atoms with Gasteiger partial charge in [0.15, 0.2) is 0 Å². The summed E-state index contributed by atoms with van der Waals surface area (Å²) in [5.41, 5.74) is 14.8. The molecule has 0 aromatic heterocycles. The molecule has 2 aromatic rings. The summed E-state index contributed by atoms with van der Waals surface area (Å²) in [6.07, 6.45) is -0.122. The summed E-state index contributed by atoms with van der Waals surface area (Å²) < 4.78 is 0. The summed E-state index contributed by atoms with van der Waals surface area (Å²) in [6, 6.07) is 7.85. The van der Waals surface area contributed by atoms with Crippen LogP contribution in [-0.4, -0.2) is 27.9 Å². The second kappa shape index (κ2) is 12.4. The number of ketones is 2. The number of rotatable bonds is 9. The number of phenols is 2. The predicted molar refractivity (Wildman–Crippen MR) is 178 cm³/mol. The van der Waals surface area contributed by atoms with Crippen molar-refractivity contribution in [3.63, 3.8) is 0 Å². The number of nitrogens with two attached hydrogens (primary N) is 2. The largest absolute Gasteiger partial charge is 0.507 e. The molecule has 0 spiro atoms. The molecule has 0 radical (unpaired) electrons. The minimum Gasteiger partial charge on any atom is -0.507 e. The lowest BCUT2D eigenvalue weighted by atomic mass is 9.74. The molecule has 0 fully saturated rings. The molecule has 0 heterocycles. The van der Waals surface area contributed by atoms with E-state index in [1.165, 1.54) is 0 Å². The molecule has 6 nitrogen and oxygen atoms in total. The quantitative estimate of drug-likeness (QED) is 0.179. The van der Waals surface area contributed by atoms with Crippen LogP contribution in [0.1, 0.15) is 136 Å². The fraction of sp³-hybridized carbons (Fsp3) is 0.622. The minimum atomic E-state index is -1.53. The van der Waals surface area contributed by atoms with Crippen LogP contribution in [0.4, 0.5) is 0 Å². The van der Waals surface area contributed by atoms with Crippen molar-refractivity contribution in [2.45, 2.75) is 144 Å². The van der Waals surface area contributed by atoms with Gasteiger partial charge in [-0.3, -0.25) is 9.59 Å². The van der Waals surface area contributed by atoms with E-state index in [0.29, 0.717) is 12.8 Å². The second-order valence-corrected chi connectivity index (χ2v) is 16.7. The molecule has 0 saturated carbocycles. The molecule has 0 atom stereocenters. The molecule has 2 aromatic carbocycles. The highest BCUT2D eigenvalue weighted by atomic mass is 16.3. The standard InChI is InChI=1S/C37H58N2O4/c1-33(2,3)24-18-22(19-25(30(24)42)34(4,5)6)14-16-28(40)37(13,32(38)39)29(41)17-15-23-20-26(35(7,8)9)31(43)27(21-23)36(10,11)12/h18-21,32,42-43H,14-17,38-39H2,1-13H3. The first-order valence-electron chi connectivity index (χ1n) is 15.5. The van der Waals surface area contributed by atoms with Crippen molar-refractivity contribution in [3.8, 4) is 11.5 Å². The van der Waals surface area contributed by atoms with Crippen LogP contribution >= 0.6 is 0 Å². The Morgan fingerprint density at radius 2 is 0.791 bits per heavy atom. The van der Waals surface area contributed by atoms with Crippen LogP contribution in [0.15, 0.2) is 24.3 Å². The summed E-state index contributed by atoms with van der Waals surface area (Å²) in [6.45, 7) is 26.2. The number of Topliss-reactive ketones (excluding diaryl/α,β-unsaturated/α-hetero) is 2. The minimum absolute atomic E-state index is 0.104. The molecule has 0 aliphatic heterocycles. The fourth-order valence-electron chi connectivity index (χ4n) is 5.53. The van der Waals surface area contributed by atoms with E-state index in [-0.39, 0.29) is 57.6 Å². The lowest BCUT2D eigenvalue weighted by Crippen LogP contribution is -2.56. The van der Waals surface area contributed by atoms with E-state index in [9.17, 15) is 19.8 Å². The summed E-state index contributed by atoms with van der Waals surface area (Å²) in [4.78, 5) is 27.4. The van der Waals surface area contributed by atoms with Gasteiger partial charge in [0.1, 0.15) is 28.5 Å². The molecule has 0 bridgehead atoms. The first-order chi connectivity index (χ1) is 19.2. The van der Waals surface area contributed by atoms with E-state index in [1.54, 1.807) is 6.92 Å². The van der Waals surface area contributed by atoms with Crippen LogP contribution < -0.4 is 11.5 Å². The Kier molecular flexibility index (Phi) is 10.5. The topological polar surface area (TPSA) is 127 Å². The normalized spacial score (nSPS) is 13.5. The molecule has 0 saturated heterocycles. The third kappa shape index (κ3) is 8.27. The number of aryl methyl sites for hydroxylation is 2. The van der Waals surface area contributed by atoms with E-state index < -0.39 is 11.6 Å². The SMILES string of the molecule is CC(C)(C)c1cc(CCC(=O)C(C)(C(=O)CCc2cc(C(C)(C)C)c(O)c(C(C)(C)C)c2)C(N)N)cc(C(C)(C)C)c1O. The van der Waals surface area contributed by atoms with E-state index >= 15 is 0 Å². The molecule has 2 rings (SSSR count). The average Bonchev–Trinajstić information content (AvgIpc) is 2.83. The molecule has 0 aliphatic carbocycles. The maximum atomic E-state index is 13.7. The number of hydrogen-bond donors (Lipinski definition) is 4. The van der Waals surface area contributed by atoms with Gasteiger partial charge in [-0.25, -0.2) is 0 Å². The summed E-state index contributed by atoms with van der Waals surface area (Å²) in [5.74, 6) is 0.00778. The highest BCUT2D eigenvalue weighted by Crippen LogP contribution is 2.42. The number of carbonyl (C=O) groups is 2. The zero-order valence-corrected chi connectivity index (χ0v) is 29.1. The van der Waals surface area contributed by atoms with E-state index in [1.807, 2.05) is 24.3 Å². The van der Waals surface area contributed by atoms with Gasteiger partial charge in [-0.05, 0) is 74.8 Å². The molecule has 240 valence electrons. The molecule has 43 heavy (non-hydrogen) atoms. The van der Waals surface area contributed by atoms with Crippen molar-refractivity contribution in [1.29, 1.82) is 0 Å². The maximum absolute atomic E-state index is 13.7. The maximum Gasteiger partial charge on any atom is 0.149 e. The second-order valence-electron chi connectivity index (χ2n) is 16.7. The molecular weight excluding hydrogens is 536 g/mol. The number of carbonyl (C=O) groups excluding carboxylic acids is 2. The summed E-state index contributed by atoms with van der Waals surface area (Å²) in [7, 11) is 0. The number of phenolic OH excluding ortho intramolecular Hbond substituents is 2. The molecule has 0 aliphatic rings. The van der Waals surface area contributed by atoms with Crippen molar-refractivity contribution in [1.82, 2.24) is 0 Å². The van der Waals surface area contributed by atoms with Crippen LogP contribution in [0.3, 0.4) is 0 Å². The van der Waals surface area contributed by atoms with Gasteiger partial charge in [-0.2, -0.15) is 0 Å². The molecule has 0 unspecified atom stereocenters. The Morgan fingerprint density at radius 1 is 0.558 bits per heavy atom. The van der Waals surface area contributed by atoms with Gasteiger partial charge in [-0.15, -0.1) is 0 Å². The Hall–Kier alpha value is -2.70. The Bertz CT molecular complexity index is 1180. The van der Waals surface area contributed by atoms with Gasteiger partial charge in [-0.1, -0.05) is 107 Å². The number of benzene rings is 2. The predicted octanol–water partition coefficient (Wildman–Crippen LogP) is 7.24. The van der Waals surface area contributed by atoms with Gasteiger partial charge in [0, 0.05) is 12.8 Å². The third-order valence-electron chi connectivity index (χ3n) is 8.68. The highest BCUT2D eigenvalue weighted by Gasteiger charge is 2.43. The Labute approximate surface area is 260 Å². The van der Waals surface area contributed by atoms with Crippen molar-refractivity contribution < 1.29 is 19.8 Å². The van der Waals surface area contributed by atoms with Crippen molar-refractivity contribution in [2.24, 2.45) is 16.9 Å². The summed E-state index contributed by atoms with van der Waals surface area (Å²) in [5, 5.41) is 22.1. The van der Waals surface area contributed by atoms with Gasteiger partial charge < -0.3 is 21.7 Å². The Balaban J connectivity index is 2.37. The fourth-order valence-corrected chi connectivity index (χ4v) is 5.53. The Morgan fingerprint density at radius 3 is 0.977 bits per heavy atom. The van der Waals surface area contributed by atoms with Crippen LogP contribution in [0.5, 0.6) is 11.5 Å². The molecule has 6 N–H and O–H groups in total. The first kappa shape index (κ1) is 36.5. The smallest absolute Gasteiger partial charge is 0.149 e. The lowest BCUT2D eigenvalue weighted by molar-refractivity contribution is -0.141. The van der Waals surface area contributed by atoms with Crippen LogP contribution in [-0.2, 0) is 44.1 Å². The third-order valence-corrected chi connectivity index (χ3v) is 8.68. The van der Waals surface area contributed by atoms with E-state index in [4.69, 9.17) is 11.5 Å². The van der Waals surface area contributed by atoms with Crippen molar-refractivity contribution in [3.05, 3.63) is 57.6 Å². The van der Waals surface area contributed by atoms with Crippen molar-refractivity contribution >= 4 is 11.6 Å². The van der Waals surface area contributed by atoms with Gasteiger partial charge in [0.2, 0.25) is 0 Å². The van der Waals surface area contributed by atoms with Crippen LogP contribution in [0, 0.1) is 5.41 Å². The first-order valence-corrected chi connectivity index (χ1v) is 15.5. The zero-order valence-electron chi connectivity index (χ0n) is 29.1. The van der Waals surface area contributed by atoms with Crippen molar-refractivity contribution in [2.75, 3.05) is 0 Å². The molecular formula is C37H58N2O4. The lowest BCUT2D eigenvalue weighted by Gasteiger charge is -2.31. The average molecular weight is 595 g/mol. The molecule has 0 amide bonds. The molecule has 6 heteroatoms. The number of aromatic hydroxyl groups is 2. The number of hydrogen-bond acceptors (Lipinski definition) is 6. The highest BCUT2D eigenvalue weighted by molar-refractivity contribution is 6.07. The zero-order chi connectivity index (χ0) is 33.5. The van der Waals surface area contributed by atoms with Crippen LogP contribution in [0.2, 0.25) is 0 Å². The van der Waals surface area contributed by atoms with Gasteiger partial charge in [0.25, 0.3) is 0 Å². The van der Waals surface area contributed by atoms with Gasteiger partial charge in [0.05, 0.1) is 6.17 Å². The van der Waals surface area contributed by atoms with Crippen LogP contribution in [0.25, 0.3) is 0 Å². The monoisotopic (exact) mass is 594 g/mol.